The van der Waals surface area contributed by atoms with Crippen LogP contribution in [0.5, 0.6) is 0 Å². The Bertz CT molecular complexity index is 197. The van der Waals surface area contributed by atoms with Crippen LogP contribution in [0.4, 0.5) is 0 Å². The van der Waals surface area contributed by atoms with E-state index in [0.717, 1.165) is 38.4 Å². The molecule has 0 spiro atoms. The van der Waals surface area contributed by atoms with Gasteiger partial charge in [0.2, 0.25) is 0 Å². The Hall–Kier alpha value is -0.770. The summed E-state index contributed by atoms with van der Waals surface area (Å²) in [5.41, 5.74) is 0. The third-order valence-corrected chi connectivity index (χ3v) is 2.54. The van der Waals surface area contributed by atoms with Gasteiger partial charge in [-0.3, -0.25) is 4.99 Å². The minimum absolute atomic E-state index is 0.255. The average molecular weight is 243 g/mol. The number of aliphatic imine (C=N–C) groups is 1. The predicted molar refractivity (Wildman–Crippen MR) is 74.3 cm³/mol. The van der Waals surface area contributed by atoms with Gasteiger partial charge in [-0.1, -0.05) is 13.8 Å². The predicted octanol–water partition coefficient (Wildman–Crippen LogP) is 1.61. The summed E-state index contributed by atoms with van der Waals surface area (Å²) in [5.74, 6) is 2.01. The van der Waals surface area contributed by atoms with Crippen LogP contribution in [0.3, 0.4) is 0 Å². The van der Waals surface area contributed by atoms with Crippen molar-refractivity contribution >= 4 is 5.96 Å². The largest absolute Gasteiger partial charge is 0.396 e. The van der Waals surface area contributed by atoms with Crippen LogP contribution < -0.4 is 10.6 Å². The molecule has 0 aromatic rings. The van der Waals surface area contributed by atoms with E-state index in [1.807, 2.05) is 0 Å². The fourth-order valence-electron chi connectivity index (χ4n) is 1.86. The third kappa shape index (κ3) is 8.98. The summed E-state index contributed by atoms with van der Waals surface area (Å²) in [6, 6.07) is 0. The first-order chi connectivity index (χ1) is 8.13. The Morgan fingerprint density at radius 1 is 1.18 bits per heavy atom. The molecule has 0 amide bonds. The maximum Gasteiger partial charge on any atom is 0.191 e. The Kier molecular flexibility index (Phi) is 9.92. The van der Waals surface area contributed by atoms with Gasteiger partial charge in [-0.15, -0.1) is 0 Å². The zero-order valence-corrected chi connectivity index (χ0v) is 11.8. The van der Waals surface area contributed by atoms with Gasteiger partial charge in [0.1, 0.15) is 0 Å². The van der Waals surface area contributed by atoms with Crippen molar-refractivity contribution in [2.24, 2.45) is 16.8 Å². The summed E-state index contributed by atoms with van der Waals surface area (Å²) in [6.45, 7) is 11.3. The molecule has 0 aliphatic carbocycles. The highest BCUT2D eigenvalue weighted by atomic mass is 16.3. The van der Waals surface area contributed by atoms with Crippen molar-refractivity contribution in [3.63, 3.8) is 0 Å². The minimum atomic E-state index is 0.255. The number of hydrogen-bond donors (Lipinski definition) is 3. The van der Waals surface area contributed by atoms with Gasteiger partial charge < -0.3 is 15.7 Å². The zero-order valence-electron chi connectivity index (χ0n) is 11.8. The van der Waals surface area contributed by atoms with Gasteiger partial charge in [-0.2, -0.15) is 0 Å². The molecule has 102 valence electrons. The number of aliphatic hydroxyl groups excluding tert-OH is 1. The van der Waals surface area contributed by atoms with E-state index in [-0.39, 0.29) is 6.61 Å². The van der Waals surface area contributed by atoms with Gasteiger partial charge >= 0.3 is 0 Å². The lowest BCUT2D eigenvalue weighted by molar-refractivity contribution is 0.245. The second-order valence-electron chi connectivity index (χ2n) is 4.76. The van der Waals surface area contributed by atoms with Gasteiger partial charge in [0.05, 0.1) is 0 Å². The molecule has 0 heterocycles. The summed E-state index contributed by atoms with van der Waals surface area (Å²) in [7, 11) is 0. The van der Waals surface area contributed by atoms with E-state index in [1.165, 1.54) is 0 Å². The van der Waals surface area contributed by atoms with Gasteiger partial charge in [-0.25, -0.2) is 0 Å². The standard InChI is InChI=1S/C13H29N3O/c1-5-14-13(15-6-2)16-10-12(7-8-17)9-11(3)4/h11-12,17H,5-10H2,1-4H3,(H2,14,15,16). The van der Waals surface area contributed by atoms with Crippen LogP contribution in [0.25, 0.3) is 0 Å². The van der Waals surface area contributed by atoms with Gasteiger partial charge in [0, 0.05) is 26.2 Å². The molecule has 4 nitrogen and oxygen atoms in total. The van der Waals surface area contributed by atoms with Crippen molar-refractivity contribution < 1.29 is 5.11 Å². The summed E-state index contributed by atoms with van der Waals surface area (Å²) in [4.78, 5) is 4.56. The molecule has 0 saturated heterocycles. The zero-order chi connectivity index (χ0) is 13.1. The monoisotopic (exact) mass is 243 g/mol. The first-order valence-corrected chi connectivity index (χ1v) is 6.77. The molecular formula is C13H29N3O. The fourth-order valence-corrected chi connectivity index (χ4v) is 1.86. The van der Waals surface area contributed by atoms with E-state index < -0.39 is 0 Å². The molecule has 0 aromatic carbocycles. The highest BCUT2D eigenvalue weighted by molar-refractivity contribution is 5.79. The summed E-state index contributed by atoms with van der Waals surface area (Å²) >= 11 is 0. The number of nitrogens with zero attached hydrogens (tertiary/aromatic N) is 1. The Balaban J connectivity index is 4.24. The molecule has 1 unspecified atom stereocenters. The van der Waals surface area contributed by atoms with Crippen LogP contribution in [0.2, 0.25) is 0 Å². The van der Waals surface area contributed by atoms with Crippen molar-refractivity contribution in [2.45, 2.75) is 40.5 Å². The topological polar surface area (TPSA) is 56.7 Å². The lowest BCUT2D eigenvalue weighted by Gasteiger charge is -2.17. The van der Waals surface area contributed by atoms with Crippen molar-refractivity contribution in [2.75, 3.05) is 26.2 Å². The molecule has 4 heteroatoms. The molecule has 0 aliphatic rings. The number of nitrogens with one attached hydrogen (secondary N) is 2. The molecule has 0 rings (SSSR count). The smallest absolute Gasteiger partial charge is 0.191 e. The van der Waals surface area contributed by atoms with Crippen LogP contribution in [-0.2, 0) is 0 Å². The maximum atomic E-state index is 9.04. The lowest BCUT2D eigenvalue weighted by atomic mass is 9.94. The Morgan fingerprint density at radius 2 is 1.76 bits per heavy atom. The molecule has 0 aliphatic heterocycles. The maximum absolute atomic E-state index is 9.04. The fraction of sp³-hybridized carbons (Fsp3) is 0.923. The molecule has 17 heavy (non-hydrogen) atoms. The third-order valence-electron chi connectivity index (χ3n) is 2.54. The Labute approximate surface area is 106 Å². The second kappa shape index (κ2) is 10.4. The highest BCUT2D eigenvalue weighted by Gasteiger charge is 2.10. The molecular weight excluding hydrogens is 214 g/mol. The first-order valence-electron chi connectivity index (χ1n) is 6.77. The van der Waals surface area contributed by atoms with E-state index >= 15 is 0 Å². The minimum Gasteiger partial charge on any atom is -0.396 e. The van der Waals surface area contributed by atoms with Crippen LogP contribution in [0.15, 0.2) is 4.99 Å². The number of hydrogen-bond acceptors (Lipinski definition) is 2. The SMILES string of the molecule is CCNC(=NCC(CCO)CC(C)C)NCC. The molecule has 3 N–H and O–H groups in total. The van der Waals surface area contributed by atoms with Crippen LogP contribution >= 0.6 is 0 Å². The van der Waals surface area contributed by atoms with Crippen LogP contribution in [0.1, 0.15) is 40.5 Å². The van der Waals surface area contributed by atoms with E-state index in [4.69, 9.17) is 5.11 Å². The molecule has 0 fully saturated rings. The van der Waals surface area contributed by atoms with E-state index in [2.05, 4.69) is 43.3 Å². The van der Waals surface area contributed by atoms with E-state index in [1.54, 1.807) is 0 Å². The van der Waals surface area contributed by atoms with Crippen molar-refractivity contribution in [3.05, 3.63) is 0 Å². The normalized spacial score (nSPS) is 12.4. The summed E-state index contributed by atoms with van der Waals surface area (Å²) < 4.78 is 0. The molecule has 0 saturated carbocycles. The van der Waals surface area contributed by atoms with Crippen LogP contribution in [-0.4, -0.2) is 37.3 Å². The van der Waals surface area contributed by atoms with Crippen molar-refractivity contribution in [1.29, 1.82) is 0 Å². The van der Waals surface area contributed by atoms with E-state index in [9.17, 15) is 0 Å². The van der Waals surface area contributed by atoms with Crippen LogP contribution in [0, 0.1) is 11.8 Å². The van der Waals surface area contributed by atoms with Gasteiger partial charge in [0.15, 0.2) is 5.96 Å². The average Bonchev–Trinajstić information content (AvgIpc) is 2.26. The molecule has 0 aromatic heterocycles. The van der Waals surface area contributed by atoms with E-state index in [0.29, 0.717) is 11.8 Å². The van der Waals surface area contributed by atoms with Gasteiger partial charge in [0.25, 0.3) is 0 Å². The molecule has 0 bridgehead atoms. The first kappa shape index (κ1) is 16.2. The number of rotatable bonds is 8. The molecule has 1 atom stereocenters. The highest BCUT2D eigenvalue weighted by Crippen LogP contribution is 2.15. The quantitative estimate of drug-likeness (QED) is 0.448. The summed E-state index contributed by atoms with van der Waals surface area (Å²) in [6.07, 6.45) is 1.96. The molecule has 0 radical (unpaired) electrons. The number of aliphatic hydroxyl groups is 1. The Morgan fingerprint density at radius 3 is 2.18 bits per heavy atom. The van der Waals surface area contributed by atoms with Crippen molar-refractivity contribution in [1.82, 2.24) is 10.6 Å². The number of guanidine groups is 1. The summed E-state index contributed by atoms with van der Waals surface area (Å²) in [5, 5.41) is 15.5. The second-order valence-corrected chi connectivity index (χ2v) is 4.76. The van der Waals surface area contributed by atoms with Gasteiger partial charge in [-0.05, 0) is 38.5 Å². The van der Waals surface area contributed by atoms with Crippen molar-refractivity contribution in [3.8, 4) is 0 Å². The lowest BCUT2D eigenvalue weighted by Crippen LogP contribution is -2.37.